The molecule has 26 heavy (non-hydrogen) atoms. The molecule has 2 aromatic rings. The average molecular weight is 383 g/mol. The van der Waals surface area contributed by atoms with Crippen LogP contribution in [0.4, 0.5) is 14.5 Å². The first kappa shape index (κ1) is 19.8. The molecule has 2 rings (SSSR count). The zero-order valence-electron chi connectivity index (χ0n) is 14.1. The third kappa shape index (κ3) is 6.42. The van der Waals surface area contributed by atoms with Crippen LogP contribution >= 0.6 is 11.6 Å². The Morgan fingerprint density at radius 3 is 2.54 bits per heavy atom. The number of quaternary nitrogens is 1. The van der Waals surface area contributed by atoms with E-state index in [0.717, 1.165) is 22.6 Å². The SMILES string of the molecule is C[NH+](CC(=O)NCC(=O)Nc1ccc(F)c(F)c1)Cc1cccc(Cl)c1. The van der Waals surface area contributed by atoms with Crippen molar-refractivity contribution in [2.45, 2.75) is 6.54 Å². The molecule has 0 saturated carbocycles. The molecule has 1 unspecified atom stereocenters. The summed E-state index contributed by atoms with van der Waals surface area (Å²) in [6.07, 6.45) is 0. The van der Waals surface area contributed by atoms with Crippen molar-refractivity contribution in [2.75, 3.05) is 25.5 Å². The maximum absolute atomic E-state index is 13.1. The Bertz CT molecular complexity index is 802. The Kier molecular flexibility index (Phi) is 7.06. The molecule has 3 N–H and O–H groups in total. The summed E-state index contributed by atoms with van der Waals surface area (Å²) in [7, 11) is 1.85. The maximum atomic E-state index is 13.1. The van der Waals surface area contributed by atoms with Crippen molar-refractivity contribution in [3.8, 4) is 0 Å². The third-order valence-electron chi connectivity index (χ3n) is 3.51. The number of benzene rings is 2. The second-order valence-electron chi connectivity index (χ2n) is 5.89. The molecule has 0 fully saturated rings. The van der Waals surface area contributed by atoms with Gasteiger partial charge in [-0.3, -0.25) is 9.59 Å². The standard InChI is InChI=1S/C18H18ClF2N3O2/c1-24(10-12-3-2-4-13(19)7-12)11-18(26)22-9-17(25)23-14-5-6-15(20)16(21)8-14/h2-8H,9-11H2,1H3,(H,22,26)(H,23,25)/p+1. The number of rotatable bonds is 7. The highest BCUT2D eigenvalue weighted by Gasteiger charge is 2.12. The Labute approximate surface area is 154 Å². The lowest BCUT2D eigenvalue weighted by atomic mass is 10.2. The number of carbonyl (C=O) groups is 2. The Morgan fingerprint density at radius 1 is 1.08 bits per heavy atom. The summed E-state index contributed by atoms with van der Waals surface area (Å²) in [6.45, 7) is 0.516. The normalized spacial score (nSPS) is 11.7. The average Bonchev–Trinajstić information content (AvgIpc) is 2.56. The molecule has 0 aromatic heterocycles. The maximum Gasteiger partial charge on any atom is 0.275 e. The van der Waals surface area contributed by atoms with Gasteiger partial charge in [0.2, 0.25) is 5.91 Å². The first-order valence-corrected chi connectivity index (χ1v) is 8.28. The van der Waals surface area contributed by atoms with Crippen LogP contribution in [-0.4, -0.2) is 32.0 Å². The van der Waals surface area contributed by atoms with E-state index >= 15 is 0 Å². The van der Waals surface area contributed by atoms with Gasteiger partial charge in [0.25, 0.3) is 5.91 Å². The van der Waals surface area contributed by atoms with Gasteiger partial charge in [-0.05, 0) is 24.3 Å². The first-order valence-electron chi connectivity index (χ1n) is 7.91. The van der Waals surface area contributed by atoms with Gasteiger partial charge in [0.05, 0.1) is 13.6 Å². The molecule has 1 atom stereocenters. The van der Waals surface area contributed by atoms with Crippen molar-refractivity contribution in [3.63, 3.8) is 0 Å². The Balaban J connectivity index is 1.75. The van der Waals surface area contributed by atoms with Gasteiger partial charge < -0.3 is 15.5 Å². The van der Waals surface area contributed by atoms with E-state index in [-0.39, 0.29) is 24.7 Å². The fraction of sp³-hybridized carbons (Fsp3) is 0.222. The van der Waals surface area contributed by atoms with Crippen LogP contribution < -0.4 is 15.5 Å². The minimum Gasteiger partial charge on any atom is -0.342 e. The van der Waals surface area contributed by atoms with Crippen LogP contribution in [0.25, 0.3) is 0 Å². The Hall–Kier alpha value is -2.51. The van der Waals surface area contributed by atoms with Gasteiger partial charge in [0.1, 0.15) is 6.54 Å². The molecular weight excluding hydrogens is 364 g/mol. The largest absolute Gasteiger partial charge is 0.342 e. The van der Waals surface area contributed by atoms with Gasteiger partial charge in [-0.2, -0.15) is 0 Å². The molecule has 138 valence electrons. The second-order valence-corrected chi connectivity index (χ2v) is 6.33. The molecule has 5 nitrogen and oxygen atoms in total. The predicted octanol–water partition coefficient (Wildman–Crippen LogP) is 1.39. The van der Waals surface area contributed by atoms with Crippen molar-refractivity contribution < 1.29 is 23.3 Å². The van der Waals surface area contributed by atoms with Crippen molar-refractivity contribution in [1.29, 1.82) is 0 Å². The number of nitrogens with one attached hydrogen (secondary N) is 3. The van der Waals surface area contributed by atoms with Gasteiger partial charge in [0, 0.05) is 22.3 Å². The van der Waals surface area contributed by atoms with Crippen molar-refractivity contribution in [2.24, 2.45) is 0 Å². The van der Waals surface area contributed by atoms with Gasteiger partial charge in [0.15, 0.2) is 18.2 Å². The zero-order chi connectivity index (χ0) is 19.1. The van der Waals surface area contributed by atoms with Crippen LogP contribution in [-0.2, 0) is 16.1 Å². The monoisotopic (exact) mass is 382 g/mol. The number of anilines is 1. The van der Waals surface area contributed by atoms with E-state index in [4.69, 9.17) is 11.6 Å². The molecule has 0 bridgehead atoms. The summed E-state index contributed by atoms with van der Waals surface area (Å²) in [5.74, 6) is -2.89. The van der Waals surface area contributed by atoms with E-state index in [1.165, 1.54) is 6.07 Å². The van der Waals surface area contributed by atoms with E-state index in [1.54, 1.807) is 6.07 Å². The molecule has 0 aliphatic carbocycles. The predicted molar refractivity (Wildman–Crippen MR) is 94.9 cm³/mol. The minimum absolute atomic E-state index is 0.117. The fourth-order valence-corrected chi connectivity index (χ4v) is 2.57. The smallest absolute Gasteiger partial charge is 0.275 e. The van der Waals surface area contributed by atoms with E-state index in [0.29, 0.717) is 11.6 Å². The van der Waals surface area contributed by atoms with Gasteiger partial charge in [-0.15, -0.1) is 0 Å². The lowest BCUT2D eigenvalue weighted by molar-refractivity contribution is -0.885. The molecule has 0 spiro atoms. The summed E-state index contributed by atoms with van der Waals surface area (Å²) in [5.41, 5.74) is 1.12. The molecule has 2 aromatic carbocycles. The molecule has 0 heterocycles. The topological polar surface area (TPSA) is 62.6 Å². The Morgan fingerprint density at radius 2 is 1.85 bits per heavy atom. The fourth-order valence-electron chi connectivity index (χ4n) is 2.35. The van der Waals surface area contributed by atoms with Gasteiger partial charge in [-0.1, -0.05) is 23.7 Å². The quantitative estimate of drug-likeness (QED) is 0.677. The van der Waals surface area contributed by atoms with Crippen LogP contribution in [0.2, 0.25) is 5.02 Å². The zero-order valence-corrected chi connectivity index (χ0v) is 14.9. The number of hydrogen-bond donors (Lipinski definition) is 3. The van der Waals surface area contributed by atoms with Gasteiger partial charge >= 0.3 is 0 Å². The molecule has 0 aliphatic heterocycles. The van der Waals surface area contributed by atoms with Crippen LogP contribution in [0.15, 0.2) is 42.5 Å². The minimum atomic E-state index is -1.06. The van der Waals surface area contributed by atoms with Crippen molar-refractivity contribution in [3.05, 3.63) is 64.7 Å². The lowest BCUT2D eigenvalue weighted by Gasteiger charge is -2.14. The summed E-state index contributed by atoms with van der Waals surface area (Å²) >= 11 is 5.93. The van der Waals surface area contributed by atoms with E-state index < -0.39 is 17.5 Å². The molecule has 0 aliphatic rings. The van der Waals surface area contributed by atoms with Crippen LogP contribution in [0.1, 0.15) is 5.56 Å². The number of carbonyl (C=O) groups excluding carboxylic acids is 2. The summed E-state index contributed by atoms with van der Waals surface area (Å²) in [4.78, 5) is 24.6. The summed E-state index contributed by atoms with van der Waals surface area (Å²) in [6, 6.07) is 10.4. The summed E-state index contributed by atoms with van der Waals surface area (Å²) in [5, 5.41) is 5.51. The first-order chi connectivity index (χ1) is 12.3. The molecule has 0 saturated heterocycles. The molecule has 8 heteroatoms. The molecule has 0 radical (unpaired) electrons. The van der Waals surface area contributed by atoms with Crippen LogP contribution in [0, 0.1) is 11.6 Å². The van der Waals surface area contributed by atoms with Crippen molar-refractivity contribution in [1.82, 2.24) is 5.32 Å². The van der Waals surface area contributed by atoms with Gasteiger partial charge in [-0.25, -0.2) is 8.78 Å². The third-order valence-corrected chi connectivity index (χ3v) is 3.74. The van der Waals surface area contributed by atoms with E-state index in [1.807, 2.05) is 25.2 Å². The highest BCUT2D eigenvalue weighted by Crippen LogP contribution is 2.12. The lowest BCUT2D eigenvalue weighted by Crippen LogP contribution is -3.08. The number of amides is 2. The van der Waals surface area contributed by atoms with Crippen LogP contribution in [0.5, 0.6) is 0 Å². The van der Waals surface area contributed by atoms with E-state index in [2.05, 4.69) is 10.6 Å². The summed E-state index contributed by atoms with van der Waals surface area (Å²) < 4.78 is 25.9. The number of hydrogen-bond acceptors (Lipinski definition) is 2. The molecule has 2 amide bonds. The van der Waals surface area contributed by atoms with E-state index in [9.17, 15) is 18.4 Å². The second kappa shape index (κ2) is 9.26. The number of likely N-dealkylation sites (N-methyl/N-ethyl adjacent to an activating group) is 1. The van der Waals surface area contributed by atoms with Crippen LogP contribution in [0.3, 0.4) is 0 Å². The van der Waals surface area contributed by atoms with Crippen molar-refractivity contribution >= 4 is 29.1 Å². The highest BCUT2D eigenvalue weighted by molar-refractivity contribution is 6.30. The molecular formula is C18H19ClF2N3O2+. The highest BCUT2D eigenvalue weighted by atomic mass is 35.5. The number of halogens is 3.